The molecule has 3 aromatic rings. The molecule has 0 atom stereocenters. The van der Waals surface area contributed by atoms with Crippen molar-refractivity contribution in [2.75, 3.05) is 5.32 Å². The Morgan fingerprint density at radius 3 is 2.67 bits per heavy atom. The monoisotopic (exact) mass is 322 g/mol. The molecule has 1 aromatic heterocycles. The highest BCUT2D eigenvalue weighted by molar-refractivity contribution is 6.42. The van der Waals surface area contributed by atoms with E-state index < -0.39 is 5.76 Å². The second-order valence-electron chi connectivity index (χ2n) is 4.31. The molecule has 1 heterocycles. The normalized spacial score (nSPS) is 10.8. The van der Waals surface area contributed by atoms with Crippen LogP contribution in [0.5, 0.6) is 0 Å². The van der Waals surface area contributed by atoms with Crippen LogP contribution in [-0.2, 0) is 0 Å². The number of fused-ring (bicyclic) bond motifs is 1. The lowest BCUT2D eigenvalue weighted by Gasteiger charge is -2.06. The summed E-state index contributed by atoms with van der Waals surface area (Å²) in [6.07, 6.45) is 0. The van der Waals surface area contributed by atoms with E-state index in [1.165, 1.54) is 6.07 Å². The topological polar surface area (TPSA) is 75.1 Å². The summed E-state index contributed by atoms with van der Waals surface area (Å²) in [5, 5.41) is 3.39. The second kappa shape index (κ2) is 5.27. The van der Waals surface area contributed by atoms with Gasteiger partial charge in [0.1, 0.15) is 0 Å². The van der Waals surface area contributed by atoms with Gasteiger partial charge in [-0.05, 0) is 36.4 Å². The van der Waals surface area contributed by atoms with Crippen LogP contribution in [0.4, 0.5) is 5.69 Å². The Morgan fingerprint density at radius 1 is 1.10 bits per heavy atom. The van der Waals surface area contributed by atoms with Crippen molar-refractivity contribution < 1.29 is 9.21 Å². The van der Waals surface area contributed by atoms with Gasteiger partial charge in [-0.2, -0.15) is 0 Å². The first-order chi connectivity index (χ1) is 10.0. The number of hydrogen-bond donors (Lipinski definition) is 2. The molecule has 2 N–H and O–H groups in total. The van der Waals surface area contributed by atoms with Crippen molar-refractivity contribution in [3.63, 3.8) is 0 Å². The number of aromatic amines is 1. The third-order valence-electron chi connectivity index (χ3n) is 2.86. The molecule has 3 rings (SSSR count). The van der Waals surface area contributed by atoms with Gasteiger partial charge in [0.15, 0.2) is 5.58 Å². The number of anilines is 1. The molecular weight excluding hydrogens is 315 g/mol. The second-order valence-corrected chi connectivity index (χ2v) is 5.12. The van der Waals surface area contributed by atoms with Crippen LogP contribution < -0.4 is 11.1 Å². The molecule has 7 heteroatoms. The number of carbonyl (C=O) groups is 1. The molecule has 2 aromatic carbocycles. The minimum Gasteiger partial charge on any atom is -0.408 e. The zero-order valence-electron chi connectivity index (χ0n) is 10.4. The van der Waals surface area contributed by atoms with Crippen LogP contribution in [0.1, 0.15) is 10.4 Å². The van der Waals surface area contributed by atoms with Gasteiger partial charge >= 0.3 is 5.76 Å². The number of benzene rings is 2. The number of oxazole rings is 1. The molecule has 0 fully saturated rings. The molecule has 21 heavy (non-hydrogen) atoms. The summed E-state index contributed by atoms with van der Waals surface area (Å²) in [5.41, 5.74) is 1.83. The van der Waals surface area contributed by atoms with Crippen LogP contribution >= 0.6 is 23.2 Å². The van der Waals surface area contributed by atoms with E-state index in [-0.39, 0.29) is 5.91 Å². The lowest BCUT2D eigenvalue weighted by atomic mass is 10.2. The summed E-state index contributed by atoms with van der Waals surface area (Å²) in [7, 11) is 0. The summed E-state index contributed by atoms with van der Waals surface area (Å²) in [4.78, 5) is 25.7. The van der Waals surface area contributed by atoms with Gasteiger partial charge in [0.25, 0.3) is 5.91 Å². The summed E-state index contributed by atoms with van der Waals surface area (Å²) in [5.74, 6) is -0.878. The fraction of sp³-hybridized carbons (Fsp3) is 0. The fourth-order valence-corrected chi connectivity index (χ4v) is 2.17. The highest BCUT2D eigenvalue weighted by atomic mass is 35.5. The summed E-state index contributed by atoms with van der Waals surface area (Å²) in [6.45, 7) is 0. The minimum absolute atomic E-state index is 0.305. The Bertz CT molecular complexity index is 899. The molecule has 0 bridgehead atoms. The molecule has 1 amide bonds. The third kappa shape index (κ3) is 2.79. The molecule has 0 aliphatic carbocycles. The fourth-order valence-electron chi connectivity index (χ4n) is 1.87. The maximum absolute atomic E-state index is 12.1. The third-order valence-corrected chi connectivity index (χ3v) is 3.60. The molecular formula is C14H8Cl2N2O3. The van der Waals surface area contributed by atoms with Gasteiger partial charge in [-0.3, -0.25) is 9.78 Å². The molecule has 0 spiro atoms. The van der Waals surface area contributed by atoms with Crippen molar-refractivity contribution in [2.45, 2.75) is 0 Å². The van der Waals surface area contributed by atoms with Gasteiger partial charge in [0.05, 0.1) is 15.6 Å². The maximum atomic E-state index is 12.1. The lowest BCUT2D eigenvalue weighted by molar-refractivity contribution is 0.102. The first-order valence-electron chi connectivity index (χ1n) is 5.92. The zero-order valence-corrected chi connectivity index (χ0v) is 12.0. The van der Waals surface area contributed by atoms with Gasteiger partial charge in [0, 0.05) is 11.3 Å². The zero-order chi connectivity index (χ0) is 15.0. The van der Waals surface area contributed by atoms with Crippen LogP contribution in [-0.4, -0.2) is 10.9 Å². The van der Waals surface area contributed by atoms with Crippen LogP contribution in [0, 0.1) is 0 Å². The van der Waals surface area contributed by atoms with Crippen molar-refractivity contribution in [3.05, 3.63) is 62.6 Å². The SMILES string of the molecule is O=C(Nc1ccc2oc(=O)[nH]c2c1)c1ccc(Cl)c(Cl)c1. The molecule has 5 nitrogen and oxygen atoms in total. The molecule has 0 unspecified atom stereocenters. The van der Waals surface area contributed by atoms with E-state index in [1.807, 2.05) is 0 Å². The van der Waals surface area contributed by atoms with E-state index in [0.29, 0.717) is 32.4 Å². The number of halogens is 2. The Labute approximate surface area is 128 Å². The lowest BCUT2D eigenvalue weighted by Crippen LogP contribution is -2.11. The van der Waals surface area contributed by atoms with Crippen LogP contribution in [0.25, 0.3) is 11.1 Å². The molecule has 106 valence electrons. The Balaban J connectivity index is 1.88. The molecule has 0 aliphatic heterocycles. The molecule has 0 saturated carbocycles. The Morgan fingerprint density at radius 2 is 1.90 bits per heavy atom. The predicted molar refractivity (Wildman–Crippen MR) is 81.2 cm³/mol. The highest BCUT2D eigenvalue weighted by Gasteiger charge is 2.09. The average molecular weight is 323 g/mol. The summed E-state index contributed by atoms with van der Waals surface area (Å²) in [6, 6.07) is 9.44. The van der Waals surface area contributed by atoms with Crippen LogP contribution in [0.15, 0.2) is 45.6 Å². The first kappa shape index (κ1) is 13.7. The van der Waals surface area contributed by atoms with Crippen molar-refractivity contribution in [2.24, 2.45) is 0 Å². The van der Waals surface area contributed by atoms with E-state index in [9.17, 15) is 9.59 Å². The van der Waals surface area contributed by atoms with Gasteiger partial charge < -0.3 is 9.73 Å². The number of amides is 1. The van der Waals surface area contributed by atoms with Gasteiger partial charge in [-0.25, -0.2) is 4.79 Å². The molecule has 0 radical (unpaired) electrons. The average Bonchev–Trinajstić information content (AvgIpc) is 2.81. The van der Waals surface area contributed by atoms with E-state index in [2.05, 4.69) is 10.3 Å². The number of H-pyrrole nitrogens is 1. The van der Waals surface area contributed by atoms with Crippen molar-refractivity contribution in [3.8, 4) is 0 Å². The largest absolute Gasteiger partial charge is 0.417 e. The Hall–Kier alpha value is -2.24. The molecule has 0 aliphatic rings. The number of rotatable bonds is 2. The van der Waals surface area contributed by atoms with Crippen molar-refractivity contribution >= 4 is 45.9 Å². The van der Waals surface area contributed by atoms with Gasteiger partial charge in [-0.1, -0.05) is 23.2 Å². The van der Waals surface area contributed by atoms with Crippen LogP contribution in [0.3, 0.4) is 0 Å². The quantitative estimate of drug-likeness (QED) is 0.755. The van der Waals surface area contributed by atoms with Crippen molar-refractivity contribution in [1.82, 2.24) is 4.98 Å². The maximum Gasteiger partial charge on any atom is 0.417 e. The number of carbonyl (C=O) groups excluding carboxylic acids is 1. The number of nitrogens with one attached hydrogen (secondary N) is 2. The van der Waals surface area contributed by atoms with E-state index in [4.69, 9.17) is 27.6 Å². The molecule has 0 saturated heterocycles. The van der Waals surface area contributed by atoms with E-state index in [1.54, 1.807) is 30.3 Å². The first-order valence-corrected chi connectivity index (χ1v) is 6.68. The standard InChI is InChI=1S/C14H8Cl2N2O3/c15-9-3-1-7(5-10(9)16)13(19)17-8-2-4-12-11(6-8)18-14(20)21-12/h1-6H,(H,17,19)(H,18,20). The van der Waals surface area contributed by atoms with E-state index >= 15 is 0 Å². The van der Waals surface area contributed by atoms with Gasteiger partial charge in [0.2, 0.25) is 0 Å². The highest BCUT2D eigenvalue weighted by Crippen LogP contribution is 2.23. The van der Waals surface area contributed by atoms with Crippen molar-refractivity contribution in [1.29, 1.82) is 0 Å². The van der Waals surface area contributed by atoms with E-state index in [0.717, 1.165) is 0 Å². The summed E-state index contributed by atoms with van der Waals surface area (Å²) >= 11 is 11.7. The summed E-state index contributed by atoms with van der Waals surface area (Å²) < 4.78 is 4.89. The smallest absolute Gasteiger partial charge is 0.408 e. The number of hydrogen-bond acceptors (Lipinski definition) is 3. The van der Waals surface area contributed by atoms with Crippen LogP contribution in [0.2, 0.25) is 10.0 Å². The predicted octanol–water partition coefficient (Wildman–Crippen LogP) is 3.68. The Kier molecular flexibility index (Phi) is 3.45. The minimum atomic E-state index is -0.544. The van der Waals surface area contributed by atoms with Gasteiger partial charge in [-0.15, -0.1) is 0 Å². The number of aromatic nitrogens is 1.